The van der Waals surface area contributed by atoms with Crippen LogP contribution in [0.5, 0.6) is 0 Å². The van der Waals surface area contributed by atoms with Crippen molar-refractivity contribution in [1.29, 1.82) is 0 Å². The number of nitrogens with zero attached hydrogens (tertiary/aromatic N) is 4. The highest BCUT2D eigenvalue weighted by molar-refractivity contribution is 5.91. The van der Waals surface area contributed by atoms with Gasteiger partial charge in [-0.1, -0.05) is 6.07 Å². The number of pyridine rings is 1. The largest absolute Gasteiger partial charge is 0.370 e. The van der Waals surface area contributed by atoms with Crippen molar-refractivity contribution in [1.82, 2.24) is 20.5 Å². The molecular weight excluding hydrogens is 292 g/mol. The van der Waals surface area contributed by atoms with Crippen LogP contribution in [0.25, 0.3) is 0 Å². The number of hydrogen-bond acceptors (Lipinski definition) is 6. The summed E-state index contributed by atoms with van der Waals surface area (Å²) in [7, 11) is 1.58. The average molecular weight is 312 g/mol. The van der Waals surface area contributed by atoms with Crippen molar-refractivity contribution in [3.05, 3.63) is 42.2 Å². The Hall–Kier alpha value is -2.70. The van der Waals surface area contributed by atoms with Gasteiger partial charge in [-0.2, -0.15) is 0 Å². The highest BCUT2D eigenvalue weighted by Gasteiger charge is 2.23. The van der Waals surface area contributed by atoms with E-state index in [1.165, 1.54) is 0 Å². The van der Waals surface area contributed by atoms with Gasteiger partial charge in [-0.05, 0) is 36.6 Å². The summed E-state index contributed by atoms with van der Waals surface area (Å²) >= 11 is 0. The van der Waals surface area contributed by atoms with E-state index in [1.54, 1.807) is 19.3 Å². The number of rotatable bonds is 5. The van der Waals surface area contributed by atoms with Gasteiger partial charge < -0.3 is 15.5 Å². The number of nitrogens with one attached hydrogen (secondary N) is 2. The van der Waals surface area contributed by atoms with E-state index in [0.29, 0.717) is 11.6 Å². The van der Waals surface area contributed by atoms with Crippen molar-refractivity contribution in [2.45, 2.75) is 6.42 Å². The molecule has 0 bridgehead atoms. The van der Waals surface area contributed by atoms with Crippen LogP contribution >= 0.6 is 0 Å². The molecule has 0 aromatic carbocycles. The van der Waals surface area contributed by atoms with Gasteiger partial charge in [-0.25, -0.2) is 4.98 Å². The number of hydrogen-bond donors (Lipinski definition) is 2. The molecular formula is C16H20N6O. The Morgan fingerprint density at radius 1 is 1.30 bits per heavy atom. The summed E-state index contributed by atoms with van der Waals surface area (Å²) < 4.78 is 0. The fourth-order valence-electron chi connectivity index (χ4n) is 2.67. The lowest BCUT2D eigenvalue weighted by molar-refractivity contribution is 0.0957. The van der Waals surface area contributed by atoms with Crippen molar-refractivity contribution < 1.29 is 4.79 Å². The van der Waals surface area contributed by atoms with Crippen LogP contribution in [0.4, 0.5) is 11.6 Å². The van der Waals surface area contributed by atoms with Gasteiger partial charge >= 0.3 is 0 Å². The molecule has 1 unspecified atom stereocenters. The van der Waals surface area contributed by atoms with E-state index in [4.69, 9.17) is 0 Å². The first-order valence-electron chi connectivity index (χ1n) is 7.72. The van der Waals surface area contributed by atoms with Crippen molar-refractivity contribution >= 4 is 17.5 Å². The molecule has 7 heteroatoms. The van der Waals surface area contributed by atoms with E-state index < -0.39 is 0 Å². The van der Waals surface area contributed by atoms with E-state index in [-0.39, 0.29) is 5.91 Å². The lowest BCUT2D eigenvalue weighted by Crippen LogP contribution is -2.25. The van der Waals surface area contributed by atoms with Crippen molar-refractivity contribution in [3.63, 3.8) is 0 Å². The quantitative estimate of drug-likeness (QED) is 0.862. The molecule has 0 radical (unpaired) electrons. The first-order chi connectivity index (χ1) is 11.3. The van der Waals surface area contributed by atoms with E-state index >= 15 is 0 Å². The van der Waals surface area contributed by atoms with E-state index in [0.717, 1.165) is 37.7 Å². The molecule has 1 amide bonds. The van der Waals surface area contributed by atoms with Gasteiger partial charge in [0.1, 0.15) is 5.82 Å². The zero-order valence-corrected chi connectivity index (χ0v) is 13.1. The van der Waals surface area contributed by atoms with Crippen molar-refractivity contribution in [2.75, 3.05) is 36.9 Å². The molecule has 0 spiro atoms. The molecule has 0 aliphatic carbocycles. The Bertz CT molecular complexity index is 645. The standard InChI is InChI=1S/C16H20N6O/c1-17-16(23)13-5-6-15(21-20-13)22-9-7-12(11-22)10-19-14-4-2-3-8-18-14/h2-6,8,12H,7,9-11H2,1H3,(H,17,23)(H,18,19). The highest BCUT2D eigenvalue weighted by Crippen LogP contribution is 2.22. The fourth-order valence-corrected chi connectivity index (χ4v) is 2.67. The molecule has 7 nitrogen and oxygen atoms in total. The van der Waals surface area contributed by atoms with Crippen LogP contribution < -0.4 is 15.5 Å². The smallest absolute Gasteiger partial charge is 0.271 e. The van der Waals surface area contributed by atoms with Gasteiger partial charge in [0, 0.05) is 32.9 Å². The Morgan fingerprint density at radius 3 is 2.91 bits per heavy atom. The molecule has 3 heterocycles. The maximum absolute atomic E-state index is 11.5. The van der Waals surface area contributed by atoms with Crippen LogP contribution in [0, 0.1) is 5.92 Å². The summed E-state index contributed by atoms with van der Waals surface area (Å²) in [4.78, 5) is 17.9. The fraction of sp³-hybridized carbons (Fsp3) is 0.375. The summed E-state index contributed by atoms with van der Waals surface area (Å²) in [6, 6.07) is 9.41. The molecule has 2 aromatic heterocycles. The minimum absolute atomic E-state index is 0.220. The Kier molecular flexibility index (Phi) is 4.65. The molecule has 0 saturated carbocycles. The first-order valence-corrected chi connectivity index (χ1v) is 7.72. The molecule has 2 N–H and O–H groups in total. The van der Waals surface area contributed by atoms with Crippen LogP contribution in [-0.2, 0) is 0 Å². The van der Waals surface area contributed by atoms with Crippen LogP contribution in [0.15, 0.2) is 36.5 Å². The number of anilines is 2. The third kappa shape index (κ3) is 3.74. The highest BCUT2D eigenvalue weighted by atomic mass is 16.1. The molecule has 1 aliphatic rings. The topological polar surface area (TPSA) is 83.0 Å². The minimum Gasteiger partial charge on any atom is -0.370 e. The lowest BCUT2D eigenvalue weighted by Gasteiger charge is -2.17. The van der Waals surface area contributed by atoms with Crippen molar-refractivity contribution in [2.24, 2.45) is 5.92 Å². The summed E-state index contributed by atoms with van der Waals surface area (Å²) in [6.07, 6.45) is 2.88. The molecule has 1 aliphatic heterocycles. The Labute approximate surface area is 135 Å². The van der Waals surface area contributed by atoms with Gasteiger partial charge in [0.25, 0.3) is 5.91 Å². The predicted octanol–water partition coefficient (Wildman–Crippen LogP) is 1.17. The van der Waals surface area contributed by atoms with Gasteiger partial charge in [-0.15, -0.1) is 10.2 Å². The second kappa shape index (κ2) is 7.04. The maximum Gasteiger partial charge on any atom is 0.271 e. The molecule has 23 heavy (non-hydrogen) atoms. The van der Waals surface area contributed by atoms with Crippen LogP contribution in [0.2, 0.25) is 0 Å². The maximum atomic E-state index is 11.5. The molecule has 120 valence electrons. The Balaban J connectivity index is 1.54. The van der Waals surface area contributed by atoms with Crippen molar-refractivity contribution in [3.8, 4) is 0 Å². The molecule has 1 atom stereocenters. The zero-order chi connectivity index (χ0) is 16.1. The normalized spacial score (nSPS) is 17.1. The first kappa shape index (κ1) is 15.2. The van der Waals surface area contributed by atoms with E-state index in [9.17, 15) is 4.79 Å². The zero-order valence-electron chi connectivity index (χ0n) is 13.1. The second-order valence-corrected chi connectivity index (χ2v) is 5.55. The summed E-state index contributed by atoms with van der Waals surface area (Å²) in [5.41, 5.74) is 0.337. The number of amides is 1. The molecule has 1 saturated heterocycles. The van der Waals surface area contributed by atoms with Gasteiger partial charge in [0.05, 0.1) is 0 Å². The minimum atomic E-state index is -0.220. The lowest BCUT2D eigenvalue weighted by atomic mass is 10.1. The number of aromatic nitrogens is 3. The monoisotopic (exact) mass is 312 g/mol. The third-order valence-electron chi connectivity index (χ3n) is 3.96. The van der Waals surface area contributed by atoms with Crippen LogP contribution in [0.3, 0.4) is 0 Å². The predicted molar refractivity (Wildman–Crippen MR) is 88.5 cm³/mol. The number of carbonyl (C=O) groups is 1. The summed E-state index contributed by atoms with van der Waals surface area (Å²) in [5, 5.41) is 14.1. The number of carbonyl (C=O) groups excluding carboxylic acids is 1. The summed E-state index contributed by atoms with van der Waals surface area (Å²) in [5.74, 6) is 2.04. The Morgan fingerprint density at radius 2 is 2.22 bits per heavy atom. The third-order valence-corrected chi connectivity index (χ3v) is 3.96. The molecule has 3 rings (SSSR count). The van der Waals surface area contributed by atoms with E-state index in [2.05, 4.69) is 30.7 Å². The van der Waals surface area contributed by atoms with E-state index in [1.807, 2.05) is 24.3 Å². The van der Waals surface area contributed by atoms with Gasteiger partial charge in [0.15, 0.2) is 11.5 Å². The van der Waals surface area contributed by atoms with Gasteiger partial charge in [0.2, 0.25) is 0 Å². The summed E-state index contributed by atoms with van der Waals surface area (Å²) in [6.45, 7) is 2.76. The van der Waals surface area contributed by atoms with Crippen LogP contribution in [0.1, 0.15) is 16.9 Å². The second-order valence-electron chi connectivity index (χ2n) is 5.55. The molecule has 1 fully saturated rings. The molecule has 2 aromatic rings. The average Bonchev–Trinajstić information content (AvgIpc) is 3.09. The SMILES string of the molecule is CNC(=O)c1ccc(N2CCC(CNc3ccccn3)C2)nn1. The van der Waals surface area contributed by atoms with Gasteiger partial charge in [-0.3, -0.25) is 4.79 Å². The van der Waals surface area contributed by atoms with Crippen LogP contribution in [-0.4, -0.2) is 47.8 Å².